The number of nitrogens with two attached hydrogens (primary N) is 1. The lowest BCUT2D eigenvalue weighted by molar-refractivity contribution is -0.144. The third-order valence-corrected chi connectivity index (χ3v) is 0.658. The van der Waals surface area contributed by atoms with Crippen LogP contribution in [0.2, 0.25) is 0 Å². The zero-order valence-corrected chi connectivity index (χ0v) is 8.67. The molecule has 13 heavy (non-hydrogen) atoms. The number of rotatable bonds is 2. The second-order valence-corrected chi connectivity index (χ2v) is 3.74. The molecule has 0 aromatic rings. The normalized spacial score (nSPS) is 12.4. The lowest BCUT2D eigenvalue weighted by Gasteiger charge is -2.02. The van der Waals surface area contributed by atoms with Crippen LogP contribution < -0.4 is 5.73 Å². The Balaban J connectivity index is 0. The summed E-state index contributed by atoms with van der Waals surface area (Å²) in [4.78, 5) is 10.4. The second-order valence-electron chi connectivity index (χ2n) is 2.27. The van der Waals surface area contributed by atoms with E-state index in [0.717, 1.165) is 0 Å². The standard InChI is InChI=1S/C5H11NO2.CH4O3S/c1-3-8-5(7)4(2)6;1-5(2,3)4/h4H,3,6H2,1-2H3;1H3,(H,2,3,4). The molecule has 0 bridgehead atoms. The van der Waals surface area contributed by atoms with Crippen LogP contribution >= 0.6 is 0 Å². The van der Waals surface area contributed by atoms with Crippen LogP contribution in [0.15, 0.2) is 0 Å². The van der Waals surface area contributed by atoms with E-state index in [-0.39, 0.29) is 5.97 Å². The molecule has 0 radical (unpaired) electrons. The Morgan fingerprint density at radius 3 is 2.00 bits per heavy atom. The molecule has 1 unspecified atom stereocenters. The van der Waals surface area contributed by atoms with Crippen LogP contribution in [-0.2, 0) is 19.6 Å². The van der Waals surface area contributed by atoms with Crippen LogP contribution in [0.5, 0.6) is 0 Å². The van der Waals surface area contributed by atoms with Crippen LogP contribution in [-0.4, -0.2) is 37.8 Å². The van der Waals surface area contributed by atoms with Gasteiger partial charge < -0.3 is 10.5 Å². The van der Waals surface area contributed by atoms with E-state index >= 15 is 0 Å². The fourth-order valence-electron chi connectivity index (χ4n) is 0.274. The highest BCUT2D eigenvalue weighted by Crippen LogP contribution is 1.80. The maximum absolute atomic E-state index is 10.4. The fourth-order valence-corrected chi connectivity index (χ4v) is 0.274. The van der Waals surface area contributed by atoms with Crippen molar-refractivity contribution in [2.24, 2.45) is 5.73 Å². The third-order valence-electron chi connectivity index (χ3n) is 0.658. The van der Waals surface area contributed by atoms with E-state index in [2.05, 4.69) is 4.74 Å². The molecular formula is C6H15NO5S. The van der Waals surface area contributed by atoms with Crippen LogP contribution in [0.3, 0.4) is 0 Å². The first-order chi connectivity index (χ1) is 5.68. The Hall–Kier alpha value is -0.660. The summed E-state index contributed by atoms with van der Waals surface area (Å²) in [6.07, 6.45) is 0.715. The molecule has 0 aliphatic heterocycles. The van der Waals surface area contributed by atoms with Gasteiger partial charge in [-0.05, 0) is 13.8 Å². The summed E-state index contributed by atoms with van der Waals surface area (Å²) in [7, 11) is -3.67. The van der Waals surface area contributed by atoms with Gasteiger partial charge >= 0.3 is 5.97 Å². The first kappa shape index (κ1) is 14.8. The molecule has 0 aromatic heterocycles. The van der Waals surface area contributed by atoms with Gasteiger partial charge in [-0.3, -0.25) is 9.35 Å². The van der Waals surface area contributed by atoms with Gasteiger partial charge in [0.1, 0.15) is 6.04 Å². The molecular weight excluding hydrogens is 198 g/mol. The summed E-state index contributed by atoms with van der Waals surface area (Å²) >= 11 is 0. The Morgan fingerprint density at radius 1 is 1.62 bits per heavy atom. The van der Waals surface area contributed by atoms with Crippen molar-refractivity contribution in [3.05, 3.63) is 0 Å². The van der Waals surface area contributed by atoms with Crippen molar-refractivity contribution in [3.8, 4) is 0 Å². The van der Waals surface area contributed by atoms with E-state index < -0.39 is 16.2 Å². The summed E-state index contributed by atoms with van der Waals surface area (Å²) in [6.45, 7) is 3.75. The smallest absolute Gasteiger partial charge is 0.322 e. The summed E-state index contributed by atoms with van der Waals surface area (Å²) in [6, 6.07) is -0.491. The van der Waals surface area contributed by atoms with Gasteiger partial charge in [0.2, 0.25) is 0 Å². The molecule has 3 N–H and O–H groups in total. The maximum atomic E-state index is 10.4. The minimum Gasteiger partial charge on any atom is -0.465 e. The maximum Gasteiger partial charge on any atom is 0.322 e. The Bertz CT molecular complexity index is 225. The van der Waals surface area contributed by atoms with Crippen LogP contribution in [0, 0.1) is 0 Å². The third kappa shape index (κ3) is 24.6. The Labute approximate surface area is 77.8 Å². The zero-order valence-electron chi connectivity index (χ0n) is 7.85. The Kier molecular flexibility index (Phi) is 7.78. The molecule has 0 saturated carbocycles. The van der Waals surface area contributed by atoms with Gasteiger partial charge in [0, 0.05) is 0 Å². The number of hydrogen-bond donors (Lipinski definition) is 2. The first-order valence-corrected chi connectivity index (χ1v) is 5.38. The van der Waals surface area contributed by atoms with Crippen molar-refractivity contribution in [2.45, 2.75) is 19.9 Å². The van der Waals surface area contributed by atoms with Crippen LogP contribution in [0.4, 0.5) is 0 Å². The van der Waals surface area contributed by atoms with Gasteiger partial charge in [-0.15, -0.1) is 0 Å². The average Bonchev–Trinajstić information content (AvgIpc) is 1.84. The molecule has 1 atom stereocenters. The van der Waals surface area contributed by atoms with E-state index in [4.69, 9.17) is 10.3 Å². The summed E-state index contributed by atoms with van der Waals surface area (Å²) in [5.41, 5.74) is 5.15. The van der Waals surface area contributed by atoms with E-state index in [1.54, 1.807) is 13.8 Å². The largest absolute Gasteiger partial charge is 0.465 e. The number of carbonyl (C=O) groups is 1. The quantitative estimate of drug-likeness (QED) is 0.468. The monoisotopic (exact) mass is 213 g/mol. The zero-order chi connectivity index (χ0) is 11.1. The van der Waals surface area contributed by atoms with Crippen molar-refractivity contribution in [1.29, 1.82) is 0 Å². The highest BCUT2D eigenvalue weighted by Gasteiger charge is 2.05. The Morgan fingerprint density at radius 2 is 1.92 bits per heavy atom. The molecule has 0 rings (SSSR count). The van der Waals surface area contributed by atoms with Gasteiger partial charge in [-0.1, -0.05) is 0 Å². The topological polar surface area (TPSA) is 107 Å². The van der Waals surface area contributed by atoms with Gasteiger partial charge in [0.25, 0.3) is 10.1 Å². The summed E-state index contributed by atoms with van der Waals surface area (Å²) in [5, 5.41) is 0. The number of carbonyl (C=O) groups excluding carboxylic acids is 1. The number of ether oxygens (including phenoxy) is 1. The predicted octanol–water partition coefficient (Wildman–Crippen LogP) is -0.599. The molecule has 0 saturated heterocycles. The van der Waals surface area contributed by atoms with Crippen molar-refractivity contribution >= 4 is 16.1 Å². The lowest BCUT2D eigenvalue weighted by atomic mass is 10.4. The molecule has 0 fully saturated rings. The van der Waals surface area contributed by atoms with Crippen molar-refractivity contribution < 1.29 is 22.5 Å². The summed E-state index contributed by atoms with van der Waals surface area (Å²) in [5.74, 6) is -0.340. The van der Waals surface area contributed by atoms with Gasteiger partial charge in [-0.2, -0.15) is 8.42 Å². The molecule has 0 aliphatic carbocycles. The van der Waals surface area contributed by atoms with Crippen molar-refractivity contribution in [3.63, 3.8) is 0 Å². The SMILES string of the molecule is CCOC(=O)C(C)N.CS(=O)(=O)O. The molecule has 6 nitrogen and oxygen atoms in total. The molecule has 80 valence electrons. The summed E-state index contributed by atoms with van der Waals surface area (Å²) < 4.78 is 30.4. The van der Waals surface area contributed by atoms with E-state index in [9.17, 15) is 13.2 Å². The molecule has 0 aliphatic rings. The molecule has 0 aromatic carbocycles. The molecule has 0 spiro atoms. The average molecular weight is 213 g/mol. The van der Waals surface area contributed by atoms with Gasteiger partial charge in [0.05, 0.1) is 12.9 Å². The number of esters is 1. The van der Waals surface area contributed by atoms with Crippen LogP contribution in [0.1, 0.15) is 13.8 Å². The molecule has 7 heteroatoms. The van der Waals surface area contributed by atoms with Gasteiger partial charge in [0.15, 0.2) is 0 Å². The predicted molar refractivity (Wildman–Crippen MR) is 47.8 cm³/mol. The highest BCUT2D eigenvalue weighted by molar-refractivity contribution is 7.85. The van der Waals surface area contributed by atoms with E-state index in [0.29, 0.717) is 12.9 Å². The second kappa shape index (κ2) is 6.81. The van der Waals surface area contributed by atoms with Gasteiger partial charge in [-0.25, -0.2) is 0 Å². The molecule has 0 heterocycles. The minimum absolute atomic E-state index is 0.340. The highest BCUT2D eigenvalue weighted by atomic mass is 32.2. The van der Waals surface area contributed by atoms with Crippen molar-refractivity contribution in [2.75, 3.05) is 12.9 Å². The first-order valence-electron chi connectivity index (χ1n) is 3.53. The number of hydrogen-bond acceptors (Lipinski definition) is 5. The molecule has 0 amide bonds. The minimum atomic E-state index is -3.67. The van der Waals surface area contributed by atoms with E-state index in [1.165, 1.54) is 0 Å². The van der Waals surface area contributed by atoms with Crippen LogP contribution in [0.25, 0.3) is 0 Å². The van der Waals surface area contributed by atoms with Crippen molar-refractivity contribution in [1.82, 2.24) is 0 Å². The lowest BCUT2D eigenvalue weighted by Crippen LogP contribution is -2.28. The fraction of sp³-hybridized carbons (Fsp3) is 0.833. The van der Waals surface area contributed by atoms with E-state index in [1.807, 2.05) is 0 Å².